The largest absolute Gasteiger partial charge is 0.394 e. The Morgan fingerprint density at radius 1 is 1.14 bits per heavy atom. The van der Waals surface area contributed by atoms with Gasteiger partial charge in [0.1, 0.15) is 0 Å². The standard InChI is InChI=1S/C12H26O2/c1-4-5-6-7-11(2)12(3)10-14-9-8-13/h11-13H,4-10H2,1-3H3. The van der Waals surface area contributed by atoms with Gasteiger partial charge in [-0.25, -0.2) is 0 Å². The molecule has 0 aliphatic carbocycles. The summed E-state index contributed by atoms with van der Waals surface area (Å²) < 4.78 is 5.32. The highest BCUT2D eigenvalue weighted by Gasteiger charge is 2.11. The van der Waals surface area contributed by atoms with E-state index in [1.165, 1.54) is 25.7 Å². The van der Waals surface area contributed by atoms with Crippen molar-refractivity contribution in [2.24, 2.45) is 11.8 Å². The maximum absolute atomic E-state index is 8.57. The van der Waals surface area contributed by atoms with Crippen LogP contribution >= 0.6 is 0 Å². The Balaban J connectivity index is 3.39. The molecule has 0 aromatic rings. The van der Waals surface area contributed by atoms with E-state index < -0.39 is 0 Å². The van der Waals surface area contributed by atoms with Gasteiger partial charge in [-0.3, -0.25) is 0 Å². The van der Waals surface area contributed by atoms with Crippen molar-refractivity contribution in [3.8, 4) is 0 Å². The first-order chi connectivity index (χ1) is 6.72. The molecule has 2 heteroatoms. The quantitative estimate of drug-likeness (QED) is 0.583. The molecule has 2 unspecified atom stereocenters. The van der Waals surface area contributed by atoms with E-state index in [1.807, 2.05) is 0 Å². The van der Waals surface area contributed by atoms with E-state index in [2.05, 4.69) is 20.8 Å². The predicted octanol–water partition coefficient (Wildman–Crippen LogP) is 2.85. The second kappa shape index (κ2) is 9.47. The van der Waals surface area contributed by atoms with Gasteiger partial charge >= 0.3 is 0 Å². The summed E-state index contributed by atoms with van der Waals surface area (Å²) in [5.74, 6) is 1.35. The number of aliphatic hydroxyl groups is 1. The smallest absolute Gasteiger partial charge is 0.0697 e. The highest BCUT2D eigenvalue weighted by molar-refractivity contribution is 4.61. The van der Waals surface area contributed by atoms with Gasteiger partial charge in [0.2, 0.25) is 0 Å². The molecular formula is C12H26O2. The van der Waals surface area contributed by atoms with Crippen LogP contribution in [0, 0.1) is 11.8 Å². The lowest BCUT2D eigenvalue weighted by Gasteiger charge is -2.19. The van der Waals surface area contributed by atoms with Crippen LogP contribution in [0.1, 0.15) is 46.5 Å². The molecule has 0 aliphatic rings. The lowest BCUT2D eigenvalue weighted by Crippen LogP contribution is -2.16. The molecule has 0 saturated heterocycles. The molecule has 0 saturated carbocycles. The molecule has 0 bridgehead atoms. The molecular weight excluding hydrogens is 176 g/mol. The van der Waals surface area contributed by atoms with Gasteiger partial charge in [0.25, 0.3) is 0 Å². The van der Waals surface area contributed by atoms with Crippen molar-refractivity contribution in [2.75, 3.05) is 19.8 Å². The highest BCUT2D eigenvalue weighted by Crippen LogP contribution is 2.18. The minimum absolute atomic E-state index is 0.136. The maximum atomic E-state index is 8.57. The number of hydrogen-bond acceptors (Lipinski definition) is 2. The summed E-state index contributed by atoms with van der Waals surface area (Å²) in [6.45, 7) is 8.16. The maximum Gasteiger partial charge on any atom is 0.0697 e. The van der Waals surface area contributed by atoms with Crippen molar-refractivity contribution < 1.29 is 9.84 Å². The van der Waals surface area contributed by atoms with E-state index in [-0.39, 0.29) is 6.61 Å². The first-order valence-electron chi connectivity index (χ1n) is 5.91. The molecule has 14 heavy (non-hydrogen) atoms. The average molecular weight is 202 g/mol. The van der Waals surface area contributed by atoms with Crippen LogP contribution in [0.25, 0.3) is 0 Å². The molecule has 0 radical (unpaired) electrons. The van der Waals surface area contributed by atoms with Gasteiger partial charge in [-0.2, -0.15) is 0 Å². The third-order valence-corrected chi connectivity index (χ3v) is 2.85. The number of ether oxygens (including phenoxy) is 1. The summed E-state index contributed by atoms with van der Waals surface area (Å²) >= 11 is 0. The normalized spacial score (nSPS) is 15.4. The Labute approximate surface area is 88.7 Å². The first-order valence-corrected chi connectivity index (χ1v) is 5.91. The molecule has 0 fully saturated rings. The lowest BCUT2D eigenvalue weighted by molar-refractivity contribution is 0.0575. The Morgan fingerprint density at radius 2 is 1.86 bits per heavy atom. The molecule has 0 aliphatic heterocycles. The van der Waals surface area contributed by atoms with Gasteiger partial charge in [-0.1, -0.05) is 46.5 Å². The molecule has 2 nitrogen and oxygen atoms in total. The minimum Gasteiger partial charge on any atom is -0.394 e. The van der Waals surface area contributed by atoms with Gasteiger partial charge in [0.15, 0.2) is 0 Å². The van der Waals surface area contributed by atoms with Gasteiger partial charge in [-0.15, -0.1) is 0 Å². The van der Waals surface area contributed by atoms with Crippen LogP contribution in [-0.2, 0) is 4.74 Å². The molecule has 1 N–H and O–H groups in total. The second-order valence-electron chi connectivity index (χ2n) is 4.25. The van der Waals surface area contributed by atoms with Crippen LogP contribution in [-0.4, -0.2) is 24.9 Å². The summed E-state index contributed by atoms with van der Waals surface area (Å²) in [5, 5.41) is 8.57. The Bertz CT molecular complexity index is 101. The molecule has 0 rings (SSSR count). The number of aliphatic hydroxyl groups excluding tert-OH is 1. The summed E-state index contributed by atoms with van der Waals surface area (Å²) in [6, 6.07) is 0. The van der Waals surface area contributed by atoms with Crippen LogP contribution in [0.3, 0.4) is 0 Å². The lowest BCUT2D eigenvalue weighted by atomic mass is 9.91. The van der Waals surface area contributed by atoms with E-state index >= 15 is 0 Å². The van der Waals surface area contributed by atoms with E-state index in [1.54, 1.807) is 0 Å². The van der Waals surface area contributed by atoms with Crippen molar-refractivity contribution in [1.29, 1.82) is 0 Å². The van der Waals surface area contributed by atoms with Crippen LogP contribution in [0.2, 0.25) is 0 Å². The van der Waals surface area contributed by atoms with E-state index in [0.29, 0.717) is 12.5 Å². The van der Waals surface area contributed by atoms with Crippen molar-refractivity contribution in [3.63, 3.8) is 0 Å². The first kappa shape index (κ1) is 13.9. The summed E-state index contributed by atoms with van der Waals surface area (Å²) in [7, 11) is 0. The van der Waals surface area contributed by atoms with Crippen LogP contribution in [0.15, 0.2) is 0 Å². The number of hydrogen-bond donors (Lipinski definition) is 1. The molecule has 0 aromatic carbocycles. The molecule has 0 heterocycles. The molecule has 0 aromatic heterocycles. The topological polar surface area (TPSA) is 29.5 Å². The van der Waals surface area contributed by atoms with Crippen molar-refractivity contribution in [1.82, 2.24) is 0 Å². The SMILES string of the molecule is CCCCCC(C)C(C)COCCO. The third-order valence-electron chi connectivity index (χ3n) is 2.85. The van der Waals surface area contributed by atoms with Gasteiger partial charge < -0.3 is 9.84 Å². The van der Waals surface area contributed by atoms with E-state index in [9.17, 15) is 0 Å². The zero-order valence-corrected chi connectivity index (χ0v) is 9.96. The number of rotatable bonds is 9. The number of unbranched alkanes of at least 4 members (excludes halogenated alkanes) is 2. The van der Waals surface area contributed by atoms with Gasteiger partial charge in [-0.05, 0) is 11.8 Å². The monoisotopic (exact) mass is 202 g/mol. The summed E-state index contributed by atoms with van der Waals surface area (Å²) in [6.07, 6.45) is 5.27. The molecule has 86 valence electrons. The second-order valence-corrected chi connectivity index (χ2v) is 4.25. The highest BCUT2D eigenvalue weighted by atomic mass is 16.5. The van der Waals surface area contributed by atoms with Gasteiger partial charge in [0.05, 0.1) is 13.2 Å². The van der Waals surface area contributed by atoms with Crippen molar-refractivity contribution in [3.05, 3.63) is 0 Å². The van der Waals surface area contributed by atoms with Crippen LogP contribution in [0.5, 0.6) is 0 Å². The van der Waals surface area contributed by atoms with Gasteiger partial charge in [0, 0.05) is 6.61 Å². The summed E-state index contributed by atoms with van der Waals surface area (Å²) in [4.78, 5) is 0. The molecule has 0 amide bonds. The zero-order chi connectivity index (χ0) is 10.8. The zero-order valence-electron chi connectivity index (χ0n) is 9.96. The van der Waals surface area contributed by atoms with E-state index in [4.69, 9.17) is 9.84 Å². The van der Waals surface area contributed by atoms with Crippen LogP contribution < -0.4 is 0 Å². The molecule has 0 spiro atoms. The summed E-state index contributed by atoms with van der Waals surface area (Å²) in [5.41, 5.74) is 0. The van der Waals surface area contributed by atoms with Crippen LogP contribution in [0.4, 0.5) is 0 Å². The fourth-order valence-corrected chi connectivity index (χ4v) is 1.50. The van der Waals surface area contributed by atoms with Crippen molar-refractivity contribution >= 4 is 0 Å². The third kappa shape index (κ3) is 7.34. The Kier molecular flexibility index (Phi) is 9.42. The van der Waals surface area contributed by atoms with E-state index in [0.717, 1.165) is 12.5 Å². The molecule has 2 atom stereocenters. The Morgan fingerprint density at radius 3 is 2.43 bits per heavy atom. The average Bonchev–Trinajstić information content (AvgIpc) is 2.18. The Hall–Kier alpha value is -0.0800. The fraction of sp³-hybridized carbons (Fsp3) is 1.00. The van der Waals surface area contributed by atoms with Crippen molar-refractivity contribution in [2.45, 2.75) is 46.5 Å². The fourth-order valence-electron chi connectivity index (χ4n) is 1.50. The predicted molar refractivity (Wildman–Crippen MR) is 60.4 cm³/mol. The minimum atomic E-state index is 0.136.